The van der Waals surface area contributed by atoms with E-state index in [-0.39, 0.29) is 6.61 Å². The molecule has 11 heteroatoms. The van der Waals surface area contributed by atoms with E-state index in [0.29, 0.717) is 0 Å². The van der Waals surface area contributed by atoms with E-state index in [1.54, 1.807) is 13.8 Å². The molecule has 142 valence electrons. The highest BCUT2D eigenvalue weighted by Crippen LogP contribution is 2.59. The first-order valence-electron chi connectivity index (χ1n) is 7.86. The molecule has 5 atom stereocenters. The van der Waals surface area contributed by atoms with Crippen LogP contribution in [0.2, 0.25) is 0 Å². The number of H-pyrrole nitrogens is 1. The maximum atomic E-state index is 12.6. The van der Waals surface area contributed by atoms with Crippen molar-refractivity contribution in [2.45, 2.75) is 44.0 Å². The van der Waals surface area contributed by atoms with E-state index in [0.717, 1.165) is 16.7 Å². The summed E-state index contributed by atoms with van der Waals surface area (Å²) in [5.74, 6) is 0. The fourth-order valence-corrected chi connectivity index (χ4v) is 4.53. The Balaban J connectivity index is 2.02. The summed E-state index contributed by atoms with van der Waals surface area (Å²) in [7, 11) is -3.93. The predicted octanol–water partition coefficient (Wildman–Crippen LogP) is 0.455. The molecule has 0 spiro atoms. The molecule has 2 N–H and O–H groups in total. The standard InChI is InChI=1S/C15H19N2O8P/c1-4-6-15(20)12-10(8-22-26(21,25-12)24-9(2)3)23-13(15)17-7-5-11(18)16-14(17)19/h5-7,9-10,12-13,20H,1,8H2,2-3H3,(H,16,18,19)/t10-,12-,13-,15-,26?/m1/s1. The van der Waals surface area contributed by atoms with E-state index in [1.165, 1.54) is 6.20 Å². The van der Waals surface area contributed by atoms with E-state index >= 15 is 0 Å². The molecule has 0 radical (unpaired) electrons. The van der Waals surface area contributed by atoms with Crippen molar-refractivity contribution >= 4 is 7.82 Å². The van der Waals surface area contributed by atoms with Crippen LogP contribution in [-0.2, 0) is 22.9 Å². The van der Waals surface area contributed by atoms with Crippen molar-refractivity contribution in [1.29, 1.82) is 0 Å². The van der Waals surface area contributed by atoms with Crippen LogP contribution >= 0.6 is 7.82 Å². The Kier molecular flexibility index (Phi) is 4.94. The maximum Gasteiger partial charge on any atom is 0.475 e. The minimum atomic E-state index is -3.93. The zero-order chi connectivity index (χ0) is 19.1. The Morgan fingerprint density at radius 3 is 2.92 bits per heavy atom. The van der Waals surface area contributed by atoms with Gasteiger partial charge in [-0.2, -0.15) is 0 Å². The first-order chi connectivity index (χ1) is 12.2. The number of fused-ring (bicyclic) bond motifs is 1. The zero-order valence-corrected chi connectivity index (χ0v) is 15.0. The minimum Gasteiger partial charge on any atom is -0.378 e. The highest BCUT2D eigenvalue weighted by molar-refractivity contribution is 7.48. The van der Waals surface area contributed by atoms with Gasteiger partial charge in [-0.05, 0) is 19.9 Å². The molecule has 2 aliphatic rings. The molecule has 26 heavy (non-hydrogen) atoms. The molecule has 2 fully saturated rings. The van der Waals surface area contributed by atoms with Gasteiger partial charge in [0, 0.05) is 12.3 Å². The zero-order valence-electron chi connectivity index (χ0n) is 14.2. The van der Waals surface area contributed by atoms with Gasteiger partial charge in [0.1, 0.15) is 12.2 Å². The van der Waals surface area contributed by atoms with Gasteiger partial charge in [-0.3, -0.25) is 27.9 Å². The average Bonchev–Trinajstić information content (AvgIpc) is 2.79. The summed E-state index contributed by atoms with van der Waals surface area (Å²) in [5, 5.41) is 11.2. The summed E-state index contributed by atoms with van der Waals surface area (Å²) >= 11 is 0. The van der Waals surface area contributed by atoms with Crippen LogP contribution < -0.4 is 11.2 Å². The number of nitrogens with one attached hydrogen (secondary N) is 1. The van der Waals surface area contributed by atoms with Gasteiger partial charge in [-0.15, -0.1) is 5.73 Å². The highest BCUT2D eigenvalue weighted by atomic mass is 31.2. The number of hydrogen-bond donors (Lipinski definition) is 2. The van der Waals surface area contributed by atoms with Gasteiger partial charge in [0.15, 0.2) is 11.8 Å². The van der Waals surface area contributed by atoms with Crippen LogP contribution in [0.5, 0.6) is 0 Å². The molecule has 0 aliphatic carbocycles. The summed E-state index contributed by atoms with van der Waals surface area (Å²) in [6, 6.07) is 1.11. The molecule has 2 aliphatic heterocycles. The first-order valence-corrected chi connectivity index (χ1v) is 9.32. The van der Waals surface area contributed by atoms with Crippen LogP contribution in [0.15, 0.2) is 40.2 Å². The second-order valence-corrected chi connectivity index (χ2v) is 7.78. The van der Waals surface area contributed by atoms with Crippen molar-refractivity contribution in [1.82, 2.24) is 9.55 Å². The van der Waals surface area contributed by atoms with Crippen LogP contribution in [0.1, 0.15) is 20.1 Å². The summed E-state index contributed by atoms with van der Waals surface area (Å²) in [6.45, 7) is 6.55. The molecule has 2 saturated heterocycles. The topological polar surface area (TPSA) is 129 Å². The number of ether oxygens (including phenoxy) is 1. The van der Waals surface area contributed by atoms with E-state index in [1.807, 2.05) is 0 Å². The van der Waals surface area contributed by atoms with Crippen LogP contribution in [0.25, 0.3) is 0 Å². The molecule has 3 rings (SSSR count). The van der Waals surface area contributed by atoms with Crippen molar-refractivity contribution in [3.05, 3.63) is 51.5 Å². The van der Waals surface area contributed by atoms with Crippen molar-refractivity contribution in [2.75, 3.05) is 6.61 Å². The Labute approximate surface area is 148 Å². The van der Waals surface area contributed by atoms with Crippen LogP contribution in [0, 0.1) is 0 Å². The minimum absolute atomic E-state index is 0.184. The van der Waals surface area contributed by atoms with Crippen molar-refractivity contribution in [3.63, 3.8) is 0 Å². The molecule has 3 heterocycles. The quantitative estimate of drug-likeness (QED) is 0.564. The number of nitrogens with zero attached hydrogens (tertiary/aromatic N) is 1. The fraction of sp³-hybridized carbons (Fsp3) is 0.533. The molecule has 0 saturated carbocycles. The van der Waals surface area contributed by atoms with Gasteiger partial charge in [0.05, 0.1) is 12.7 Å². The molecule has 1 unspecified atom stereocenters. The molecular weight excluding hydrogens is 367 g/mol. The van der Waals surface area contributed by atoms with Gasteiger partial charge in [0.2, 0.25) is 0 Å². The molecule has 0 aromatic carbocycles. The Morgan fingerprint density at radius 1 is 1.58 bits per heavy atom. The number of phosphoric ester groups is 1. The second kappa shape index (κ2) is 6.75. The van der Waals surface area contributed by atoms with Gasteiger partial charge in [-0.1, -0.05) is 6.58 Å². The predicted molar refractivity (Wildman–Crippen MR) is 88.5 cm³/mol. The van der Waals surface area contributed by atoms with Gasteiger partial charge < -0.3 is 9.84 Å². The highest BCUT2D eigenvalue weighted by Gasteiger charge is 2.61. The summed E-state index contributed by atoms with van der Waals surface area (Å²) in [4.78, 5) is 25.5. The molecule has 0 bridgehead atoms. The number of hydrogen-bond acceptors (Lipinski definition) is 8. The number of aromatic nitrogens is 2. The Morgan fingerprint density at radius 2 is 2.31 bits per heavy atom. The molecular formula is C15H19N2O8P. The molecule has 1 aromatic heterocycles. The van der Waals surface area contributed by atoms with E-state index in [4.69, 9.17) is 18.3 Å². The van der Waals surface area contributed by atoms with E-state index < -0.39 is 49.2 Å². The second-order valence-electron chi connectivity index (χ2n) is 6.20. The van der Waals surface area contributed by atoms with Crippen molar-refractivity contribution in [2.24, 2.45) is 0 Å². The SMILES string of the molecule is C=C=C[C@@]1(O)[C@@H]2OP(=O)(OC(C)C)OC[C@H]2O[C@H]1n1ccc(=O)[nH]c1=O. The Bertz CT molecular complexity index is 901. The van der Waals surface area contributed by atoms with E-state index in [9.17, 15) is 19.3 Å². The number of aromatic amines is 1. The third kappa shape index (κ3) is 3.28. The van der Waals surface area contributed by atoms with Crippen LogP contribution in [-0.4, -0.2) is 45.2 Å². The fourth-order valence-electron chi connectivity index (χ4n) is 2.93. The molecule has 10 nitrogen and oxygen atoms in total. The summed E-state index contributed by atoms with van der Waals surface area (Å²) < 4.78 is 35.2. The van der Waals surface area contributed by atoms with Gasteiger partial charge >= 0.3 is 13.5 Å². The smallest absolute Gasteiger partial charge is 0.378 e. The lowest BCUT2D eigenvalue weighted by Crippen LogP contribution is -2.50. The summed E-state index contributed by atoms with van der Waals surface area (Å²) in [6.07, 6.45) is -1.41. The third-order valence-corrected chi connectivity index (χ3v) is 5.54. The van der Waals surface area contributed by atoms with Gasteiger partial charge in [0.25, 0.3) is 5.56 Å². The van der Waals surface area contributed by atoms with Crippen molar-refractivity contribution in [3.8, 4) is 0 Å². The number of aliphatic hydroxyl groups is 1. The number of rotatable bonds is 4. The maximum absolute atomic E-state index is 12.6. The summed E-state index contributed by atoms with van der Waals surface area (Å²) in [5.41, 5.74) is -0.902. The molecule has 1 aromatic rings. The van der Waals surface area contributed by atoms with E-state index in [2.05, 4.69) is 17.3 Å². The average molecular weight is 386 g/mol. The Hall–Kier alpha value is -1.77. The monoisotopic (exact) mass is 386 g/mol. The van der Waals surface area contributed by atoms with Crippen LogP contribution in [0.3, 0.4) is 0 Å². The largest absolute Gasteiger partial charge is 0.475 e. The third-order valence-electron chi connectivity index (χ3n) is 3.91. The van der Waals surface area contributed by atoms with Crippen molar-refractivity contribution < 1.29 is 28.0 Å². The lowest BCUT2D eigenvalue weighted by Gasteiger charge is -2.35. The number of phosphoric acid groups is 1. The van der Waals surface area contributed by atoms with Gasteiger partial charge in [-0.25, -0.2) is 9.36 Å². The lowest BCUT2D eigenvalue weighted by molar-refractivity contribution is -0.0763. The normalized spacial score (nSPS) is 36.5. The van der Waals surface area contributed by atoms with Crippen LogP contribution in [0.4, 0.5) is 0 Å². The lowest BCUT2D eigenvalue weighted by atomic mass is 9.94. The molecule has 0 amide bonds. The first kappa shape index (κ1) is 19.0.